The number of piperazine rings is 1. The van der Waals surface area contributed by atoms with Crippen molar-refractivity contribution < 1.29 is 13.5 Å². The second kappa shape index (κ2) is 6.01. The highest BCUT2D eigenvalue weighted by molar-refractivity contribution is 7.89. The van der Waals surface area contributed by atoms with Crippen LogP contribution >= 0.6 is 22.7 Å². The van der Waals surface area contributed by atoms with Gasteiger partial charge in [-0.05, 0) is 6.07 Å². The van der Waals surface area contributed by atoms with E-state index in [2.05, 4.69) is 9.88 Å². The summed E-state index contributed by atoms with van der Waals surface area (Å²) in [4.78, 5) is 7.29. The SMILES string of the molecule is O=S(=O)(c1csc(CO)c1)N1CCN(c2nccs2)CC1. The first-order valence-corrected chi connectivity index (χ1v) is 9.64. The summed E-state index contributed by atoms with van der Waals surface area (Å²) >= 11 is 2.83. The molecule has 2 aromatic rings. The van der Waals surface area contributed by atoms with E-state index in [9.17, 15) is 8.42 Å². The lowest BCUT2D eigenvalue weighted by atomic mass is 10.4. The number of hydrogen-bond donors (Lipinski definition) is 1. The molecule has 1 aliphatic rings. The van der Waals surface area contributed by atoms with Gasteiger partial charge in [-0.1, -0.05) is 0 Å². The third-order valence-corrected chi connectivity index (χ3v) is 7.13. The highest BCUT2D eigenvalue weighted by Gasteiger charge is 2.29. The first kappa shape index (κ1) is 14.9. The molecular weight excluding hydrogens is 330 g/mol. The number of hydrogen-bond acceptors (Lipinski definition) is 7. The minimum Gasteiger partial charge on any atom is -0.391 e. The number of thiophene rings is 1. The second-order valence-electron chi connectivity index (χ2n) is 4.61. The van der Waals surface area contributed by atoms with Gasteiger partial charge in [0.1, 0.15) is 0 Å². The van der Waals surface area contributed by atoms with Crippen LogP contribution in [0.4, 0.5) is 5.13 Å². The number of nitrogens with zero attached hydrogens (tertiary/aromatic N) is 3. The third-order valence-electron chi connectivity index (χ3n) is 3.35. The molecule has 0 saturated carbocycles. The van der Waals surface area contributed by atoms with Gasteiger partial charge in [0.05, 0.1) is 11.5 Å². The zero-order valence-corrected chi connectivity index (χ0v) is 13.6. The van der Waals surface area contributed by atoms with Gasteiger partial charge >= 0.3 is 0 Å². The highest BCUT2D eigenvalue weighted by atomic mass is 32.2. The number of thiazole rings is 1. The van der Waals surface area contributed by atoms with Gasteiger partial charge in [-0.25, -0.2) is 13.4 Å². The molecule has 0 unspecified atom stereocenters. The Balaban J connectivity index is 1.71. The number of aromatic nitrogens is 1. The topological polar surface area (TPSA) is 73.7 Å². The third kappa shape index (κ3) is 2.97. The van der Waals surface area contributed by atoms with Crippen LogP contribution in [-0.4, -0.2) is 49.0 Å². The molecule has 1 fully saturated rings. The molecule has 0 spiro atoms. The maximum atomic E-state index is 12.5. The Hall–Kier alpha value is -1.00. The lowest BCUT2D eigenvalue weighted by Crippen LogP contribution is -2.48. The lowest BCUT2D eigenvalue weighted by molar-refractivity contribution is 0.285. The van der Waals surface area contributed by atoms with Crippen molar-refractivity contribution in [3.05, 3.63) is 27.9 Å². The monoisotopic (exact) mass is 345 g/mol. The number of aliphatic hydroxyl groups excluding tert-OH is 1. The van der Waals surface area contributed by atoms with E-state index in [1.54, 1.807) is 29.0 Å². The minimum atomic E-state index is -3.45. The average molecular weight is 345 g/mol. The molecule has 114 valence electrons. The van der Waals surface area contributed by atoms with E-state index in [4.69, 9.17) is 5.11 Å². The van der Waals surface area contributed by atoms with Crippen LogP contribution in [0.25, 0.3) is 0 Å². The molecule has 0 aromatic carbocycles. The van der Waals surface area contributed by atoms with Gasteiger partial charge in [-0.3, -0.25) is 0 Å². The maximum Gasteiger partial charge on any atom is 0.244 e. The van der Waals surface area contributed by atoms with Gasteiger partial charge < -0.3 is 10.0 Å². The number of rotatable bonds is 4. The molecule has 9 heteroatoms. The molecule has 1 aliphatic heterocycles. The molecule has 3 rings (SSSR count). The molecule has 0 bridgehead atoms. The van der Waals surface area contributed by atoms with Crippen molar-refractivity contribution in [2.24, 2.45) is 0 Å². The van der Waals surface area contributed by atoms with Crippen LogP contribution in [0.15, 0.2) is 27.9 Å². The van der Waals surface area contributed by atoms with Crippen molar-refractivity contribution in [2.75, 3.05) is 31.1 Å². The fraction of sp³-hybridized carbons (Fsp3) is 0.417. The Morgan fingerprint density at radius 3 is 2.57 bits per heavy atom. The molecule has 0 amide bonds. The van der Waals surface area contributed by atoms with Gasteiger partial charge in [0, 0.05) is 48.0 Å². The highest BCUT2D eigenvalue weighted by Crippen LogP contribution is 2.25. The predicted octanol–water partition coefficient (Wildman–Crippen LogP) is 1.21. The predicted molar refractivity (Wildman–Crippen MR) is 83.3 cm³/mol. The molecule has 3 heterocycles. The van der Waals surface area contributed by atoms with Crippen LogP contribution in [0.3, 0.4) is 0 Å². The van der Waals surface area contributed by atoms with Crippen LogP contribution < -0.4 is 4.90 Å². The van der Waals surface area contributed by atoms with E-state index in [1.165, 1.54) is 15.6 Å². The number of aliphatic hydroxyl groups is 1. The molecule has 0 radical (unpaired) electrons. The van der Waals surface area contributed by atoms with Gasteiger partial charge in [0.25, 0.3) is 0 Å². The summed E-state index contributed by atoms with van der Waals surface area (Å²) in [5.74, 6) is 0. The summed E-state index contributed by atoms with van der Waals surface area (Å²) in [6.07, 6.45) is 1.75. The Morgan fingerprint density at radius 2 is 2.00 bits per heavy atom. The van der Waals surface area contributed by atoms with E-state index in [-0.39, 0.29) is 11.5 Å². The fourth-order valence-electron chi connectivity index (χ4n) is 2.22. The zero-order valence-electron chi connectivity index (χ0n) is 11.2. The van der Waals surface area contributed by atoms with Gasteiger partial charge in [-0.2, -0.15) is 4.31 Å². The second-order valence-corrected chi connectivity index (χ2v) is 8.42. The van der Waals surface area contributed by atoms with E-state index in [0.717, 1.165) is 5.13 Å². The summed E-state index contributed by atoms with van der Waals surface area (Å²) in [6.45, 7) is 2.06. The van der Waals surface area contributed by atoms with Gasteiger partial charge in [0.2, 0.25) is 10.0 Å². The normalized spacial score (nSPS) is 17.3. The van der Waals surface area contributed by atoms with Crippen molar-refractivity contribution in [1.29, 1.82) is 0 Å². The smallest absolute Gasteiger partial charge is 0.244 e. The van der Waals surface area contributed by atoms with E-state index < -0.39 is 10.0 Å². The molecule has 0 atom stereocenters. The van der Waals surface area contributed by atoms with E-state index in [0.29, 0.717) is 31.1 Å². The summed E-state index contributed by atoms with van der Waals surface area (Å²) < 4.78 is 26.6. The Morgan fingerprint density at radius 1 is 1.24 bits per heavy atom. The zero-order chi connectivity index (χ0) is 14.9. The largest absolute Gasteiger partial charge is 0.391 e. The Bertz CT molecular complexity index is 688. The van der Waals surface area contributed by atoms with Crippen LogP contribution in [0, 0.1) is 0 Å². The first-order chi connectivity index (χ1) is 10.1. The fourth-order valence-corrected chi connectivity index (χ4v) is 5.46. The molecule has 1 N–H and O–H groups in total. The Labute approximate surface area is 131 Å². The summed E-state index contributed by atoms with van der Waals surface area (Å²) in [7, 11) is -3.45. The molecular formula is C12H15N3O3S3. The van der Waals surface area contributed by atoms with Crippen LogP contribution in [-0.2, 0) is 16.6 Å². The quantitative estimate of drug-likeness (QED) is 0.902. The molecule has 6 nitrogen and oxygen atoms in total. The first-order valence-electron chi connectivity index (χ1n) is 6.44. The maximum absolute atomic E-state index is 12.5. The van der Waals surface area contributed by atoms with Crippen molar-refractivity contribution in [1.82, 2.24) is 9.29 Å². The van der Waals surface area contributed by atoms with Crippen molar-refractivity contribution in [3.63, 3.8) is 0 Å². The molecule has 21 heavy (non-hydrogen) atoms. The van der Waals surface area contributed by atoms with Crippen molar-refractivity contribution in [3.8, 4) is 0 Å². The van der Waals surface area contributed by atoms with Crippen LogP contribution in [0.1, 0.15) is 4.88 Å². The lowest BCUT2D eigenvalue weighted by Gasteiger charge is -2.33. The molecule has 1 saturated heterocycles. The van der Waals surface area contributed by atoms with Crippen molar-refractivity contribution in [2.45, 2.75) is 11.5 Å². The average Bonchev–Trinajstić information content (AvgIpc) is 3.19. The number of sulfonamides is 1. The number of anilines is 1. The van der Waals surface area contributed by atoms with E-state index in [1.807, 2.05) is 5.38 Å². The van der Waals surface area contributed by atoms with Crippen LogP contribution in [0.5, 0.6) is 0 Å². The summed E-state index contributed by atoms with van der Waals surface area (Å²) in [5, 5.41) is 13.5. The Kier molecular flexibility index (Phi) is 4.27. The van der Waals surface area contributed by atoms with Crippen molar-refractivity contribution >= 4 is 37.8 Å². The van der Waals surface area contributed by atoms with Gasteiger partial charge in [0.15, 0.2) is 5.13 Å². The summed E-state index contributed by atoms with van der Waals surface area (Å²) in [6, 6.07) is 1.55. The minimum absolute atomic E-state index is 0.127. The van der Waals surface area contributed by atoms with Crippen LogP contribution in [0.2, 0.25) is 0 Å². The van der Waals surface area contributed by atoms with Gasteiger partial charge in [-0.15, -0.1) is 22.7 Å². The molecule has 2 aromatic heterocycles. The summed E-state index contributed by atoms with van der Waals surface area (Å²) in [5.41, 5.74) is 0. The molecule has 0 aliphatic carbocycles. The standard InChI is InChI=1S/C12H15N3O3S3/c16-8-10-7-11(9-20-10)21(17,18)15-4-2-14(3-5-15)12-13-1-6-19-12/h1,6-7,9,16H,2-5,8H2. The van der Waals surface area contributed by atoms with E-state index >= 15 is 0 Å².